The van der Waals surface area contributed by atoms with Crippen molar-refractivity contribution in [3.63, 3.8) is 0 Å². The minimum Gasteiger partial charge on any atom is -0.375 e. The van der Waals surface area contributed by atoms with Crippen LogP contribution in [0.2, 0.25) is 24.8 Å². The van der Waals surface area contributed by atoms with E-state index in [1.54, 1.807) is 29.6 Å². The zero-order valence-electron chi connectivity index (χ0n) is 23.5. The number of fused-ring (bicyclic) bond motifs is 1. The normalized spacial score (nSPS) is 27.6. The molecule has 2 unspecified atom stereocenters. The molecule has 218 valence electrons. The van der Waals surface area contributed by atoms with Crippen molar-refractivity contribution >= 4 is 43.6 Å². The molecule has 42 heavy (non-hydrogen) atoms. The highest BCUT2D eigenvalue weighted by Gasteiger charge is 2.62. The van der Waals surface area contributed by atoms with Crippen LogP contribution in [-0.4, -0.2) is 70.5 Å². The highest BCUT2D eigenvalue weighted by atomic mass is 35.5. The van der Waals surface area contributed by atoms with E-state index >= 15 is 0 Å². The molecular weight excluding hydrogens is 610 g/mol. The molecule has 13 heteroatoms. The summed E-state index contributed by atoms with van der Waals surface area (Å²) < 4.78 is 27.3. The zero-order chi connectivity index (χ0) is 29.5. The largest absolute Gasteiger partial charge is 0.375 e. The fraction of sp³-hybridized carbons (Fsp3) is 0.379. The van der Waals surface area contributed by atoms with Gasteiger partial charge in [-0.25, -0.2) is 9.67 Å². The molecule has 0 spiro atoms. The molecule has 6 rings (SSSR count). The topological polar surface area (TPSA) is 93.4 Å². The van der Waals surface area contributed by atoms with Gasteiger partial charge in [0.05, 0.1) is 12.8 Å². The van der Waals surface area contributed by atoms with Crippen LogP contribution in [0.15, 0.2) is 60.4 Å². The first-order valence-electron chi connectivity index (χ1n) is 13.4. The lowest BCUT2D eigenvalue weighted by Crippen LogP contribution is -2.70. The van der Waals surface area contributed by atoms with Crippen LogP contribution in [0.3, 0.4) is 0 Å². The average molecular weight is 640 g/mol. The lowest BCUT2D eigenvalue weighted by molar-refractivity contribution is -0.323. The van der Waals surface area contributed by atoms with E-state index in [1.165, 1.54) is 11.3 Å². The Kier molecular flexibility index (Phi) is 8.29. The van der Waals surface area contributed by atoms with Gasteiger partial charge >= 0.3 is 0 Å². The van der Waals surface area contributed by atoms with Gasteiger partial charge in [0.25, 0.3) is 0 Å². The molecule has 2 fully saturated rings. The molecule has 2 aliphatic heterocycles. The number of hydrogen-bond donors (Lipinski definition) is 1. The minimum atomic E-state index is -1.65. The molecule has 9 nitrogen and oxygen atoms in total. The highest BCUT2D eigenvalue weighted by molar-refractivity contribution is 7.80. The Labute approximate surface area is 260 Å². The van der Waals surface area contributed by atoms with E-state index in [2.05, 4.69) is 51.4 Å². The standard InChI is InChI=1S/C29H30ClN5O4S2Si/c1-36-25-28(40)38-22-16-37-27(19-8-6-5-7-9-19)39-24(22)29(25,20-12-18(13-31-14-20)10-11-42(2,3)4)35-15-21(33-34-35)26-32-23(30)17-41-26/h5-9,12-15,17,22,24-25,27-28,40H,16H2,1-4H3/t22-,24+,25+,27?,28-,29?/m1/s1. The van der Waals surface area contributed by atoms with Crippen LogP contribution in [0.5, 0.6) is 0 Å². The second kappa shape index (κ2) is 11.8. The number of methoxy groups -OCH3 is 1. The number of rotatable bonds is 5. The summed E-state index contributed by atoms with van der Waals surface area (Å²) in [6, 6.07) is 11.8. The molecule has 4 aromatic rings. The van der Waals surface area contributed by atoms with Crippen molar-refractivity contribution in [3.8, 4) is 22.2 Å². The molecule has 0 saturated carbocycles. The highest BCUT2D eigenvalue weighted by Crippen LogP contribution is 2.48. The van der Waals surface area contributed by atoms with Gasteiger partial charge in [-0.3, -0.25) is 4.98 Å². The summed E-state index contributed by atoms with van der Waals surface area (Å²) in [4.78, 5) is 9.03. The molecule has 0 amide bonds. The maximum absolute atomic E-state index is 6.81. The number of hydrogen-bond acceptors (Lipinski definition) is 10. The zero-order valence-corrected chi connectivity index (χ0v) is 26.9. The lowest BCUT2D eigenvalue weighted by Gasteiger charge is -2.55. The van der Waals surface area contributed by atoms with Crippen LogP contribution >= 0.6 is 35.6 Å². The van der Waals surface area contributed by atoms with Crippen molar-refractivity contribution in [2.75, 3.05) is 13.7 Å². The number of thiazole rings is 1. The number of nitrogens with zero attached hydrogens (tertiary/aromatic N) is 5. The molecule has 6 atom stereocenters. The first-order chi connectivity index (χ1) is 20.2. The Balaban J connectivity index is 1.56. The van der Waals surface area contributed by atoms with Gasteiger partial charge in [0.15, 0.2) is 6.29 Å². The van der Waals surface area contributed by atoms with Crippen LogP contribution < -0.4 is 0 Å². The summed E-state index contributed by atoms with van der Waals surface area (Å²) in [5, 5.41) is 11.9. The summed E-state index contributed by atoms with van der Waals surface area (Å²) in [6.07, 6.45) is 2.94. The van der Waals surface area contributed by atoms with Gasteiger partial charge in [-0.15, -0.1) is 34.6 Å². The Hall–Kier alpha value is -2.60. The molecule has 0 bridgehead atoms. The van der Waals surface area contributed by atoms with Gasteiger partial charge in [-0.1, -0.05) is 72.7 Å². The van der Waals surface area contributed by atoms with Crippen molar-refractivity contribution in [1.29, 1.82) is 0 Å². The van der Waals surface area contributed by atoms with Gasteiger partial charge < -0.3 is 18.9 Å². The first-order valence-corrected chi connectivity index (χ1v) is 18.7. The third-order valence-corrected chi connectivity index (χ3v) is 9.59. The fourth-order valence-corrected chi connectivity index (χ4v) is 7.28. The van der Waals surface area contributed by atoms with E-state index in [0.29, 0.717) is 15.9 Å². The first kappa shape index (κ1) is 29.5. The Morgan fingerprint density at radius 3 is 2.71 bits per heavy atom. The van der Waals surface area contributed by atoms with Crippen LogP contribution in [0.25, 0.3) is 10.7 Å². The summed E-state index contributed by atoms with van der Waals surface area (Å²) in [5.41, 5.74) is 4.66. The number of benzene rings is 1. The maximum atomic E-state index is 6.81. The quantitative estimate of drug-likeness (QED) is 0.181. The second-order valence-electron chi connectivity index (χ2n) is 11.2. The molecule has 0 N–H and O–H groups in total. The third kappa shape index (κ3) is 5.56. The van der Waals surface area contributed by atoms with Crippen molar-refractivity contribution in [3.05, 3.63) is 82.2 Å². The molecule has 2 saturated heterocycles. The van der Waals surface area contributed by atoms with Crippen LogP contribution in [0, 0.1) is 11.5 Å². The number of ether oxygens (including phenoxy) is 4. The molecular formula is C29H30ClN5O4S2Si. The van der Waals surface area contributed by atoms with E-state index in [-0.39, 0.29) is 6.61 Å². The van der Waals surface area contributed by atoms with E-state index in [4.69, 9.17) is 43.2 Å². The van der Waals surface area contributed by atoms with Crippen molar-refractivity contribution < 1.29 is 18.9 Å². The lowest BCUT2D eigenvalue weighted by atomic mass is 9.75. The maximum Gasteiger partial charge on any atom is 0.184 e. The number of aromatic nitrogens is 5. The fourth-order valence-electron chi connectivity index (χ4n) is 5.36. The van der Waals surface area contributed by atoms with Crippen LogP contribution in [-0.2, 0) is 24.5 Å². The smallest absolute Gasteiger partial charge is 0.184 e. The monoisotopic (exact) mass is 639 g/mol. The van der Waals surface area contributed by atoms with Gasteiger partial charge in [-0.2, -0.15) is 0 Å². The summed E-state index contributed by atoms with van der Waals surface area (Å²) in [5.74, 6) is 3.34. The predicted molar refractivity (Wildman–Crippen MR) is 166 cm³/mol. The molecule has 0 aliphatic carbocycles. The molecule has 5 heterocycles. The van der Waals surface area contributed by atoms with E-state index in [9.17, 15) is 0 Å². The van der Waals surface area contributed by atoms with E-state index < -0.39 is 43.7 Å². The summed E-state index contributed by atoms with van der Waals surface area (Å²) >= 11 is 12.4. The molecule has 3 aromatic heterocycles. The summed E-state index contributed by atoms with van der Waals surface area (Å²) in [7, 11) is -0.0229. The third-order valence-electron chi connectivity index (χ3n) is 7.14. The van der Waals surface area contributed by atoms with Crippen LogP contribution in [0.4, 0.5) is 0 Å². The van der Waals surface area contributed by atoms with Crippen molar-refractivity contribution in [1.82, 2.24) is 25.0 Å². The Morgan fingerprint density at radius 2 is 2.00 bits per heavy atom. The molecule has 1 aromatic carbocycles. The SMILES string of the molecule is CO[C@H]1[C@@H](S)O[C@@H]2COC(c3ccccc3)O[C@@H]2C1(c1cncc(C#C[Si](C)(C)C)c1)n1cc(-c2nc(Cl)cs2)nn1. The Morgan fingerprint density at radius 1 is 1.19 bits per heavy atom. The number of pyridine rings is 1. The Bertz CT molecular complexity index is 1620. The number of halogens is 1. The van der Waals surface area contributed by atoms with Gasteiger partial charge in [0, 0.05) is 41.6 Å². The van der Waals surface area contributed by atoms with Crippen molar-refractivity contribution in [2.45, 2.75) is 55.2 Å². The van der Waals surface area contributed by atoms with Crippen molar-refractivity contribution in [2.24, 2.45) is 0 Å². The summed E-state index contributed by atoms with van der Waals surface area (Å²) in [6.45, 7) is 6.88. The van der Waals surface area contributed by atoms with Crippen LogP contribution in [0.1, 0.15) is 23.0 Å². The van der Waals surface area contributed by atoms with Gasteiger partial charge in [0.1, 0.15) is 53.2 Å². The molecule has 2 aliphatic rings. The number of thiol groups is 1. The second-order valence-corrected chi connectivity index (χ2v) is 17.7. The van der Waals surface area contributed by atoms with E-state index in [1.807, 2.05) is 42.6 Å². The van der Waals surface area contributed by atoms with E-state index in [0.717, 1.165) is 16.7 Å². The molecule has 0 radical (unpaired) electrons. The minimum absolute atomic E-state index is 0.270. The van der Waals surface area contributed by atoms with Gasteiger partial charge in [-0.05, 0) is 6.07 Å². The predicted octanol–water partition coefficient (Wildman–Crippen LogP) is 5.21. The van der Waals surface area contributed by atoms with Gasteiger partial charge in [0.2, 0.25) is 0 Å². The average Bonchev–Trinajstić information content (AvgIpc) is 3.65.